The van der Waals surface area contributed by atoms with Crippen molar-refractivity contribution in [2.45, 2.75) is 12.3 Å². The van der Waals surface area contributed by atoms with E-state index in [1.165, 1.54) is 13.3 Å². The van der Waals surface area contributed by atoms with Crippen LogP contribution in [-0.4, -0.2) is 12.1 Å². The van der Waals surface area contributed by atoms with E-state index in [0.29, 0.717) is 0 Å². The minimum Gasteiger partial charge on any atom is -0.495 e. The highest BCUT2D eigenvalue weighted by Gasteiger charge is 2.20. The number of ether oxygens (including phenoxy) is 1. The second kappa shape index (κ2) is 4.41. The number of rotatable bonds is 3. The van der Waals surface area contributed by atoms with Gasteiger partial charge >= 0.3 is 0 Å². The predicted molar refractivity (Wildman–Crippen MR) is 49.7 cm³/mol. The van der Waals surface area contributed by atoms with E-state index in [9.17, 15) is 8.78 Å². The number of hydrogen-bond acceptors (Lipinski definition) is 3. The lowest BCUT2D eigenvalue weighted by Crippen LogP contribution is -2.04. The number of pyridine rings is 1. The lowest BCUT2D eigenvalue weighted by Gasteiger charge is -2.12. The molecular weight excluding hydrogens is 214 g/mol. The Morgan fingerprint density at radius 3 is 2.71 bits per heavy atom. The standard InChI is InChI=1S/C8H9ClF2N2O/c1-14-5-3-13-8(12)6(7(10)11)4(5)2-9/h3,7H,2H2,1H3,(H2,12,13). The molecule has 0 saturated carbocycles. The van der Waals surface area contributed by atoms with Gasteiger partial charge in [-0.1, -0.05) is 0 Å². The van der Waals surface area contributed by atoms with Crippen molar-refractivity contribution in [3.8, 4) is 5.75 Å². The van der Waals surface area contributed by atoms with Gasteiger partial charge in [0.1, 0.15) is 11.6 Å². The van der Waals surface area contributed by atoms with Crippen LogP contribution in [0, 0.1) is 0 Å². The van der Waals surface area contributed by atoms with Crippen LogP contribution in [0.25, 0.3) is 0 Å². The van der Waals surface area contributed by atoms with Crippen LogP contribution in [0.2, 0.25) is 0 Å². The second-order valence-electron chi connectivity index (χ2n) is 2.54. The third-order valence-corrected chi connectivity index (χ3v) is 2.06. The quantitative estimate of drug-likeness (QED) is 0.799. The molecule has 2 N–H and O–H groups in total. The lowest BCUT2D eigenvalue weighted by molar-refractivity contribution is 0.150. The molecular formula is C8H9ClF2N2O. The van der Waals surface area contributed by atoms with E-state index in [2.05, 4.69) is 4.98 Å². The highest BCUT2D eigenvalue weighted by atomic mass is 35.5. The van der Waals surface area contributed by atoms with Gasteiger partial charge in [-0.3, -0.25) is 0 Å². The van der Waals surface area contributed by atoms with Gasteiger partial charge in [0.15, 0.2) is 0 Å². The van der Waals surface area contributed by atoms with Crippen LogP contribution in [0.3, 0.4) is 0 Å². The lowest BCUT2D eigenvalue weighted by atomic mass is 10.1. The summed E-state index contributed by atoms with van der Waals surface area (Å²) in [6, 6.07) is 0. The first-order valence-electron chi connectivity index (χ1n) is 3.77. The SMILES string of the molecule is COc1cnc(N)c(C(F)F)c1CCl. The van der Waals surface area contributed by atoms with Gasteiger partial charge in [-0.2, -0.15) is 0 Å². The van der Waals surface area contributed by atoms with Gasteiger partial charge in [-0.25, -0.2) is 13.8 Å². The molecule has 78 valence electrons. The van der Waals surface area contributed by atoms with Gasteiger partial charge in [-0.05, 0) is 0 Å². The fraction of sp³-hybridized carbons (Fsp3) is 0.375. The highest BCUT2D eigenvalue weighted by Crippen LogP contribution is 2.33. The monoisotopic (exact) mass is 222 g/mol. The fourth-order valence-electron chi connectivity index (χ4n) is 1.12. The minimum absolute atomic E-state index is 0.0877. The van der Waals surface area contributed by atoms with Crippen molar-refractivity contribution in [3.05, 3.63) is 17.3 Å². The molecule has 0 saturated heterocycles. The van der Waals surface area contributed by atoms with Gasteiger partial charge in [-0.15, -0.1) is 11.6 Å². The molecule has 14 heavy (non-hydrogen) atoms. The second-order valence-corrected chi connectivity index (χ2v) is 2.81. The van der Waals surface area contributed by atoms with E-state index < -0.39 is 6.43 Å². The molecule has 1 heterocycles. The topological polar surface area (TPSA) is 48.1 Å². The Kier molecular flexibility index (Phi) is 3.46. The number of alkyl halides is 3. The first kappa shape index (κ1) is 11.0. The largest absolute Gasteiger partial charge is 0.495 e. The normalized spacial score (nSPS) is 10.6. The molecule has 0 bridgehead atoms. The summed E-state index contributed by atoms with van der Waals surface area (Å²) in [5, 5.41) is 0. The Labute approximate surface area is 84.8 Å². The third kappa shape index (κ3) is 1.87. The first-order chi connectivity index (χ1) is 6.61. The Balaban J connectivity index is 3.35. The molecule has 0 aliphatic heterocycles. The molecule has 1 aromatic heterocycles. The summed E-state index contributed by atoms with van der Waals surface area (Å²) in [7, 11) is 1.36. The van der Waals surface area contributed by atoms with Crippen molar-refractivity contribution in [2.75, 3.05) is 12.8 Å². The number of nitrogen functional groups attached to an aromatic ring is 1. The van der Waals surface area contributed by atoms with Crippen LogP contribution in [0.5, 0.6) is 5.75 Å². The summed E-state index contributed by atoms with van der Waals surface area (Å²) in [5.74, 6) is -0.0730. The highest BCUT2D eigenvalue weighted by molar-refractivity contribution is 6.17. The summed E-state index contributed by atoms with van der Waals surface area (Å²) in [6.45, 7) is 0. The Morgan fingerprint density at radius 2 is 2.29 bits per heavy atom. The molecule has 6 heteroatoms. The Bertz CT molecular complexity index is 333. The summed E-state index contributed by atoms with van der Waals surface area (Å²) in [6.07, 6.45) is -1.43. The number of aromatic nitrogens is 1. The van der Waals surface area contributed by atoms with Gasteiger partial charge in [0.2, 0.25) is 0 Å². The summed E-state index contributed by atoms with van der Waals surface area (Å²) >= 11 is 5.54. The number of nitrogens with zero attached hydrogens (tertiary/aromatic N) is 1. The Hall–Kier alpha value is -1.10. The molecule has 3 nitrogen and oxygen atoms in total. The average molecular weight is 223 g/mol. The molecule has 1 rings (SSSR count). The number of anilines is 1. The minimum atomic E-state index is -2.70. The molecule has 0 fully saturated rings. The number of halogens is 3. The summed E-state index contributed by atoms with van der Waals surface area (Å²) in [5.41, 5.74) is 5.16. The van der Waals surface area contributed by atoms with E-state index in [-0.39, 0.29) is 28.6 Å². The summed E-state index contributed by atoms with van der Waals surface area (Å²) < 4.78 is 30.0. The Morgan fingerprint density at radius 1 is 1.64 bits per heavy atom. The number of methoxy groups -OCH3 is 1. The molecule has 0 spiro atoms. The zero-order valence-electron chi connectivity index (χ0n) is 7.43. The third-order valence-electron chi connectivity index (χ3n) is 1.79. The zero-order valence-corrected chi connectivity index (χ0v) is 8.18. The molecule has 0 aliphatic rings. The van der Waals surface area contributed by atoms with Gasteiger partial charge in [0, 0.05) is 5.56 Å². The van der Waals surface area contributed by atoms with E-state index in [1.54, 1.807) is 0 Å². The van der Waals surface area contributed by atoms with Crippen molar-refractivity contribution in [2.24, 2.45) is 0 Å². The summed E-state index contributed by atoms with van der Waals surface area (Å²) in [4.78, 5) is 3.59. The first-order valence-corrected chi connectivity index (χ1v) is 4.30. The van der Waals surface area contributed by atoms with Crippen molar-refractivity contribution in [3.63, 3.8) is 0 Å². The molecule has 0 atom stereocenters. The van der Waals surface area contributed by atoms with Crippen molar-refractivity contribution < 1.29 is 13.5 Å². The van der Waals surface area contributed by atoms with E-state index in [1.807, 2.05) is 0 Å². The predicted octanol–water partition coefficient (Wildman–Crippen LogP) is 2.35. The van der Waals surface area contributed by atoms with E-state index >= 15 is 0 Å². The van der Waals surface area contributed by atoms with Crippen LogP contribution in [-0.2, 0) is 5.88 Å². The van der Waals surface area contributed by atoms with Crippen molar-refractivity contribution in [1.82, 2.24) is 4.98 Å². The fourth-order valence-corrected chi connectivity index (χ4v) is 1.40. The van der Waals surface area contributed by atoms with Crippen LogP contribution in [0.4, 0.5) is 14.6 Å². The van der Waals surface area contributed by atoms with E-state index in [4.69, 9.17) is 22.1 Å². The van der Waals surface area contributed by atoms with Crippen molar-refractivity contribution in [1.29, 1.82) is 0 Å². The molecule has 0 radical (unpaired) electrons. The molecule has 0 aromatic carbocycles. The number of hydrogen-bond donors (Lipinski definition) is 1. The smallest absolute Gasteiger partial charge is 0.267 e. The van der Waals surface area contributed by atoms with E-state index in [0.717, 1.165) is 0 Å². The maximum absolute atomic E-state index is 12.6. The van der Waals surface area contributed by atoms with Crippen LogP contribution in [0.1, 0.15) is 17.6 Å². The molecule has 0 amide bonds. The maximum Gasteiger partial charge on any atom is 0.267 e. The van der Waals surface area contributed by atoms with Gasteiger partial charge in [0.05, 0.1) is 24.8 Å². The zero-order chi connectivity index (χ0) is 10.7. The average Bonchev–Trinajstić information content (AvgIpc) is 2.16. The molecule has 1 aromatic rings. The molecule has 0 unspecified atom stereocenters. The van der Waals surface area contributed by atoms with Crippen LogP contribution in [0.15, 0.2) is 6.20 Å². The molecule has 0 aliphatic carbocycles. The van der Waals surface area contributed by atoms with Crippen molar-refractivity contribution >= 4 is 17.4 Å². The maximum atomic E-state index is 12.6. The van der Waals surface area contributed by atoms with Gasteiger partial charge < -0.3 is 10.5 Å². The van der Waals surface area contributed by atoms with Crippen LogP contribution < -0.4 is 10.5 Å². The number of nitrogens with two attached hydrogens (primary N) is 1. The van der Waals surface area contributed by atoms with Crippen LogP contribution >= 0.6 is 11.6 Å². The van der Waals surface area contributed by atoms with Gasteiger partial charge in [0.25, 0.3) is 6.43 Å².